The van der Waals surface area contributed by atoms with Gasteiger partial charge in [0.15, 0.2) is 0 Å². The SMILES string of the molecule is N#C/C(C(=O)Nc1ccc(Br)cc1)=C1/S[C@H](Cc2ccccc2Cl)C(=O)N1c1ccc(F)cc1. The van der Waals surface area contributed by atoms with Crippen LogP contribution in [0.5, 0.6) is 0 Å². The molecule has 0 unspecified atom stereocenters. The molecule has 1 aliphatic rings. The molecule has 3 aromatic carbocycles. The molecule has 34 heavy (non-hydrogen) atoms. The van der Waals surface area contributed by atoms with Crippen LogP contribution in [0.4, 0.5) is 15.8 Å². The number of carbonyl (C=O) groups is 2. The summed E-state index contributed by atoms with van der Waals surface area (Å²) in [5.74, 6) is -1.43. The minimum absolute atomic E-state index is 0.186. The summed E-state index contributed by atoms with van der Waals surface area (Å²) in [6.07, 6.45) is 0.303. The molecule has 1 heterocycles. The summed E-state index contributed by atoms with van der Waals surface area (Å²) in [6.45, 7) is 0. The van der Waals surface area contributed by atoms with E-state index in [2.05, 4.69) is 21.2 Å². The summed E-state index contributed by atoms with van der Waals surface area (Å²) in [4.78, 5) is 27.8. The maximum absolute atomic E-state index is 13.5. The number of nitrogens with one attached hydrogen (secondary N) is 1. The van der Waals surface area contributed by atoms with E-state index >= 15 is 0 Å². The molecule has 2 amide bonds. The molecular weight excluding hydrogens is 541 g/mol. The van der Waals surface area contributed by atoms with Crippen LogP contribution in [-0.4, -0.2) is 17.1 Å². The minimum atomic E-state index is -0.648. The number of anilines is 2. The van der Waals surface area contributed by atoms with Crippen LogP contribution in [0.1, 0.15) is 5.56 Å². The molecule has 0 radical (unpaired) electrons. The Balaban J connectivity index is 1.73. The molecule has 4 rings (SSSR count). The largest absolute Gasteiger partial charge is 0.321 e. The van der Waals surface area contributed by atoms with Crippen molar-refractivity contribution in [1.82, 2.24) is 0 Å². The van der Waals surface area contributed by atoms with E-state index in [1.165, 1.54) is 29.2 Å². The standard InChI is InChI=1S/C25H16BrClFN3O2S/c26-16-5-9-18(10-6-16)30-23(32)20(14-29)25-31(19-11-7-17(28)8-12-19)24(33)22(34-25)13-15-3-1-2-4-21(15)27/h1-12,22H,13H2,(H,30,32)/b25-20-/t22-/m1/s1. The van der Waals surface area contributed by atoms with Gasteiger partial charge in [-0.1, -0.05) is 57.5 Å². The normalized spacial score (nSPS) is 16.8. The first kappa shape index (κ1) is 24.0. The maximum Gasteiger partial charge on any atom is 0.269 e. The van der Waals surface area contributed by atoms with E-state index in [1.54, 1.807) is 36.4 Å². The summed E-state index contributed by atoms with van der Waals surface area (Å²) in [6, 6.07) is 21.3. The number of nitriles is 1. The van der Waals surface area contributed by atoms with E-state index in [0.29, 0.717) is 22.8 Å². The Bertz CT molecular complexity index is 1320. The molecule has 9 heteroatoms. The van der Waals surface area contributed by atoms with Crippen molar-refractivity contribution in [2.24, 2.45) is 0 Å². The topological polar surface area (TPSA) is 73.2 Å². The Morgan fingerprint density at radius 3 is 2.44 bits per heavy atom. The van der Waals surface area contributed by atoms with Crippen molar-refractivity contribution in [3.8, 4) is 6.07 Å². The van der Waals surface area contributed by atoms with E-state index < -0.39 is 17.0 Å². The number of nitrogens with zero attached hydrogens (tertiary/aromatic N) is 2. The quantitative estimate of drug-likeness (QED) is 0.295. The van der Waals surface area contributed by atoms with Crippen molar-refractivity contribution < 1.29 is 14.0 Å². The van der Waals surface area contributed by atoms with Crippen LogP contribution in [0.3, 0.4) is 0 Å². The zero-order valence-electron chi connectivity index (χ0n) is 17.5. The van der Waals surface area contributed by atoms with Crippen molar-refractivity contribution in [2.45, 2.75) is 11.7 Å². The van der Waals surface area contributed by atoms with Gasteiger partial charge < -0.3 is 5.32 Å². The molecule has 1 atom stereocenters. The van der Waals surface area contributed by atoms with E-state index in [9.17, 15) is 19.2 Å². The van der Waals surface area contributed by atoms with Crippen LogP contribution < -0.4 is 10.2 Å². The summed E-state index contributed by atoms with van der Waals surface area (Å²) < 4.78 is 14.4. The van der Waals surface area contributed by atoms with Gasteiger partial charge in [-0.15, -0.1) is 0 Å². The molecule has 1 aliphatic heterocycles. The highest BCUT2D eigenvalue weighted by Gasteiger charge is 2.41. The van der Waals surface area contributed by atoms with Gasteiger partial charge in [0.1, 0.15) is 22.5 Å². The lowest BCUT2D eigenvalue weighted by atomic mass is 10.1. The number of amides is 2. The maximum atomic E-state index is 13.5. The van der Waals surface area contributed by atoms with Gasteiger partial charge in [-0.25, -0.2) is 4.39 Å². The average Bonchev–Trinajstić information content (AvgIpc) is 3.13. The molecule has 1 saturated heterocycles. The first-order chi connectivity index (χ1) is 16.4. The van der Waals surface area contributed by atoms with Gasteiger partial charge in [0.25, 0.3) is 5.91 Å². The predicted octanol–water partition coefficient (Wildman–Crippen LogP) is 6.31. The number of hydrogen-bond acceptors (Lipinski definition) is 4. The molecule has 5 nitrogen and oxygen atoms in total. The number of carbonyl (C=O) groups excluding carboxylic acids is 2. The van der Waals surface area contributed by atoms with Gasteiger partial charge >= 0.3 is 0 Å². The van der Waals surface area contributed by atoms with Crippen molar-refractivity contribution in [2.75, 3.05) is 10.2 Å². The first-order valence-corrected chi connectivity index (χ1v) is 12.1. The van der Waals surface area contributed by atoms with Gasteiger partial charge in [-0.2, -0.15) is 5.26 Å². The van der Waals surface area contributed by atoms with Crippen LogP contribution in [0.15, 0.2) is 87.9 Å². The first-order valence-electron chi connectivity index (χ1n) is 10.1. The third kappa shape index (κ3) is 5.17. The second-order valence-electron chi connectivity index (χ2n) is 7.31. The zero-order valence-corrected chi connectivity index (χ0v) is 20.6. The van der Waals surface area contributed by atoms with E-state index in [1.807, 2.05) is 18.2 Å². The Morgan fingerprint density at radius 2 is 1.79 bits per heavy atom. The molecule has 0 spiro atoms. The number of halogens is 3. The fourth-order valence-corrected chi connectivity index (χ4v) is 5.18. The number of hydrogen-bond donors (Lipinski definition) is 1. The van der Waals surface area contributed by atoms with Crippen molar-refractivity contribution >= 4 is 62.5 Å². The number of thioether (sulfide) groups is 1. The summed E-state index contributed by atoms with van der Waals surface area (Å²) >= 11 is 10.7. The molecule has 0 aromatic heterocycles. The highest BCUT2D eigenvalue weighted by molar-refractivity contribution is 9.10. The lowest BCUT2D eigenvalue weighted by Gasteiger charge is -2.18. The van der Waals surface area contributed by atoms with Gasteiger partial charge in [0.05, 0.1) is 5.25 Å². The summed E-state index contributed by atoms with van der Waals surface area (Å²) in [5.41, 5.74) is 1.41. The second kappa shape index (κ2) is 10.4. The molecular formula is C25H16BrClFN3O2S. The lowest BCUT2D eigenvalue weighted by Crippen LogP contribution is -2.31. The van der Waals surface area contributed by atoms with Gasteiger partial charge in [-0.3, -0.25) is 14.5 Å². The molecule has 170 valence electrons. The van der Waals surface area contributed by atoms with Gasteiger partial charge in [-0.05, 0) is 66.6 Å². The second-order valence-corrected chi connectivity index (χ2v) is 9.82. The number of benzene rings is 3. The predicted molar refractivity (Wildman–Crippen MR) is 136 cm³/mol. The van der Waals surface area contributed by atoms with Gasteiger partial charge in [0.2, 0.25) is 5.91 Å². The Morgan fingerprint density at radius 1 is 1.12 bits per heavy atom. The molecule has 1 N–H and O–H groups in total. The fraction of sp³-hybridized carbons (Fsp3) is 0.0800. The summed E-state index contributed by atoms with van der Waals surface area (Å²) in [5, 5.41) is 12.7. The van der Waals surface area contributed by atoms with E-state index in [0.717, 1.165) is 21.8 Å². The fourth-order valence-electron chi connectivity index (χ4n) is 3.40. The van der Waals surface area contributed by atoms with Gasteiger partial charge in [0, 0.05) is 20.9 Å². The molecule has 1 fully saturated rings. The van der Waals surface area contributed by atoms with Crippen molar-refractivity contribution in [1.29, 1.82) is 5.26 Å². The molecule has 0 bridgehead atoms. The highest BCUT2D eigenvalue weighted by atomic mass is 79.9. The van der Waals surface area contributed by atoms with E-state index in [-0.39, 0.29) is 16.5 Å². The molecule has 0 saturated carbocycles. The number of rotatable bonds is 5. The highest BCUT2D eigenvalue weighted by Crippen LogP contribution is 2.42. The van der Waals surface area contributed by atoms with Crippen molar-refractivity contribution in [3.05, 3.63) is 104 Å². The zero-order chi connectivity index (χ0) is 24.2. The minimum Gasteiger partial charge on any atom is -0.321 e. The smallest absolute Gasteiger partial charge is 0.269 e. The van der Waals surface area contributed by atoms with Crippen molar-refractivity contribution in [3.63, 3.8) is 0 Å². The third-order valence-electron chi connectivity index (χ3n) is 5.06. The van der Waals surface area contributed by atoms with Crippen LogP contribution in [0, 0.1) is 17.1 Å². The Kier molecular flexibility index (Phi) is 7.37. The Hall–Kier alpha value is -3.12. The van der Waals surface area contributed by atoms with E-state index in [4.69, 9.17) is 11.6 Å². The van der Waals surface area contributed by atoms with Crippen LogP contribution in [0.2, 0.25) is 5.02 Å². The Labute approximate surface area is 213 Å². The third-order valence-corrected chi connectivity index (χ3v) is 7.22. The average molecular weight is 557 g/mol. The van der Waals surface area contributed by atoms with Crippen LogP contribution in [-0.2, 0) is 16.0 Å². The summed E-state index contributed by atoms with van der Waals surface area (Å²) in [7, 11) is 0. The van der Waals surface area contributed by atoms with Crippen LogP contribution in [0.25, 0.3) is 0 Å². The van der Waals surface area contributed by atoms with Crippen LogP contribution >= 0.6 is 39.3 Å². The lowest BCUT2D eigenvalue weighted by molar-refractivity contribution is -0.117. The molecule has 3 aromatic rings. The monoisotopic (exact) mass is 555 g/mol. The molecule has 0 aliphatic carbocycles.